The first-order valence-corrected chi connectivity index (χ1v) is 5.43. The van der Waals surface area contributed by atoms with E-state index in [2.05, 4.69) is 4.90 Å². The molecular formula is C12H16N2O2. The number of nitrogens with zero attached hydrogens (tertiary/aromatic N) is 1. The van der Waals surface area contributed by atoms with E-state index in [0.29, 0.717) is 11.3 Å². The van der Waals surface area contributed by atoms with Crippen LogP contribution in [0, 0.1) is 0 Å². The number of nitrogen functional groups attached to an aromatic ring is 1. The molecule has 1 aromatic carbocycles. The van der Waals surface area contributed by atoms with E-state index < -0.39 is 0 Å². The Labute approximate surface area is 95.0 Å². The van der Waals surface area contributed by atoms with Crippen LogP contribution in [0.3, 0.4) is 0 Å². The van der Waals surface area contributed by atoms with Gasteiger partial charge in [-0.1, -0.05) is 6.07 Å². The third-order valence-electron chi connectivity index (χ3n) is 2.79. The maximum atomic E-state index is 10.8. The highest BCUT2D eigenvalue weighted by atomic mass is 16.5. The van der Waals surface area contributed by atoms with E-state index in [4.69, 9.17) is 10.5 Å². The number of hydrogen-bond donors (Lipinski definition) is 1. The molecule has 1 aliphatic heterocycles. The highest BCUT2D eigenvalue weighted by Gasteiger charge is 2.11. The van der Waals surface area contributed by atoms with Crippen LogP contribution < -0.4 is 5.73 Å². The normalized spacial score (nSPS) is 17.2. The molecule has 2 N–H and O–H groups in total. The smallest absolute Gasteiger partial charge is 0.152 e. The van der Waals surface area contributed by atoms with Gasteiger partial charge in [-0.05, 0) is 17.7 Å². The number of carbonyl (C=O) groups excluding carboxylic acids is 1. The highest BCUT2D eigenvalue weighted by Crippen LogP contribution is 2.14. The zero-order valence-electron chi connectivity index (χ0n) is 9.19. The second kappa shape index (κ2) is 5.09. The molecule has 1 heterocycles. The van der Waals surface area contributed by atoms with Gasteiger partial charge in [-0.2, -0.15) is 0 Å². The first-order valence-electron chi connectivity index (χ1n) is 5.43. The predicted molar refractivity (Wildman–Crippen MR) is 62.3 cm³/mol. The lowest BCUT2D eigenvalue weighted by atomic mass is 10.1. The molecule has 1 aromatic rings. The van der Waals surface area contributed by atoms with Crippen LogP contribution in [-0.2, 0) is 11.3 Å². The van der Waals surface area contributed by atoms with E-state index in [1.165, 1.54) is 0 Å². The summed E-state index contributed by atoms with van der Waals surface area (Å²) in [4.78, 5) is 13.1. The van der Waals surface area contributed by atoms with Crippen LogP contribution in [0.1, 0.15) is 15.9 Å². The highest BCUT2D eigenvalue weighted by molar-refractivity contribution is 5.83. The molecule has 0 amide bonds. The topological polar surface area (TPSA) is 55.6 Å². The largest absolute Gasteiger partial charge is 0.398 e. The molecule has 1 saturated heterocycles. The van der Waals surface area contributed by atoms with Crippen molar-refractivity contribution in [2.45, 2.75) is 6.54 Å². The summed E-state index contributed by atoms with van der Waals surface area (Å²) in [5.74, 6) is 0. The Morgan fingerprint density at radius 1 is 1.38 bits per heavy atom. The minimum absolute atomic E-state index is 0.542. The van der Waals surface area contributed by atoms with Gasteiger partial charge in [-0.15, -0.1) is 0 Å². The Kier molecular flexibility index (Phi) is 3.54. The average Bonchev–Trinajstić information content (AvgIpc) is 2.33. The molecule has 4 nitrogen and oxygen atoms in total. The standard InChI is InChI=1S/C12H16N2O2/c13-12-2-1-10(7-11(12)9-15)8-14-3-5-16-6-4-14/h1-2,7,9H,3-6,8,13H2. The molecule has 0 atom stereocenters. The number of aldehydes is 1. The van der Waals surface area contributed by atoms with Crippen molar-refractivity contribution in [1.29, 1.82) is 0 Å². The van der Waals surface area contributed by atoms with Crippen molar-refractivity contribution in [3.05, 3.63) is 29.3 Å². The van der Waals surface area contributed by atoms with Gasteiger partial charge in [0.05, 0.1) is 13.2 Å². The van der Waals surface area contributed by atoms with Crippen molar-refractivity contribution in [2.75, 3.05) is 32.0 Å². The van der Waals surface area contributed by atoms with Gasteiger partial charge in [0, 0.05) is 30.9 Å². The number of ether oxygens (including phenoxy) is 1. The molecule has 0 unspecified atom stereocenters. The van der Waals surface area contributed by atoms with Crippen LogP contribution in [0.25, 0.3) is 0 Å². The fraction of sp³-hybridized carbons (Fsp3) is 0.417. The number of carbonyl (C=O) groups is 1. The fourth-order valence-electron chi connectivity index (χ4n) is 1.84. The molecule has 1 fully saturated rings. The first kappa shape index (κ1) is 11.1. The van der Waals surface area contributed by atoms with Gasteiger partial charge in [-0.25, -0.2) is 0 Å². The molecule has 16 heavy (non-hydrogen) atoms. The van der Waals surface area contributed by atoms with Crippen molar-refractivity contribution in [3.63, 3.8) is 0 Å². The lowest BCUT2D eigenvalue weighted by molar-refractivity contribution is 0.0342. The second-order valence-corrected chi connectivity index (χ2v) is 3.97. The van der Waals surface area contributed by atoms with E-state index in [1.807, 2.05) is 12.1 Å². The third-order valence-corrected chi connectivity index (χ3v) is 2.79. The van der Waals surface area contributed by atoms with E-state index >= 15 is 0 Å². The zero-order chi connectivity index (χ0) is 11.4. The van der Waals surface area contributed by atoms with Crippen molar-refractivity contribution < 1.29 is 9.53 Å². The number of morpholine rings is 1. The van der Waals surface area contributed by atoms with Crippen molar-refractivity contribution in [1.82, 2.24) is 4.90 Å². The van der Waals surface area contributed by atoms with Gasteiger partial charge in [-0.3, -0.25) is 9.69 Å². The molecule has 0 bridgehead atoms. The summed E-state index contributed by atoms with van der Waals surface area (Å²) >= 11 is 0. The maximum Gasteiger partial charge on any atom is 0.152 e. The number of rotatable bonds is 3. The summed E-state index contributed by atoms with van der Waals surface area (Å²) in [5.41, 5.74) is 7.91. The molecule has 1 aliphatic rings. The van der Waals surface area contributed by atoms with E-state index in [-0.39, 0.29) is 0 Å². The van der Waals surface area contributed by atoms with Crippen LogP contribution in [-0.4, -0.2) is 37.5 Å². The minimum Gasteiger partial charge on any atom is -0.398 e. The SMILES string of the molecule is Nc1ccc(CN2CCOCC2)cc1C=O. The lowest BCUT2D eigenvalue weighted by Gasteiger charge is -2.26. The molecule has 0 radical (unpaired) electrons. The Morgan fingerprint density at radius 3 is 2.81 bits per heavy atom. The summed E-state index contributed by atoms with van der Waals surface area (Å²) in [6.45, 7) is 4.32. The number of nitrogens with two attached hydrogens (primary N) is 1. The minimum atomic E-state index is 0.542. The molecule has 4 heteroatoms. The predicted octanol–water partition coefficient (Wildman–Crippen LogP) is 0.913. The first-order chi connectivity index (χ1) is 7.79. The summed E-state index contributed by atoms with van der Waals surface area (Å²) < 4.78 is 5.28. The Balaban J connectivity index is 2.05. The van der Waals surface area contributed by atoms with Crippen LogP contribution in [0.2, 0.25) is 0 Å². The number of benzene rings is 1. The van der Waals surface area contributed by atoms with Crippen molar-refractivity contribution in [3.8, 4) is 0 Å². The Morgan fingerprint density at radius 2 is 2.12 bits per heavy atom. The van der Waals surface area contributed by atoms with E-state index in [1.54, 1.807) is 6.07 Å². The van der Waals surface area contributed by atoms with Crippen LogP contribution in [0.5, 0.6) is 0 Å². The number of anilines is 1. The summed E-state index contributed by atoms with van der Waals surface area (Å²) in [5, 5.41) is 0. The Bertz CT molecular complexity index is 373. The van der Waals surface area contributed by atoms with Gasteiger partial charge in [0.2, 0.25) is 0 Å². The maximum absolute atomic E-state index is 10.8. The summed E-state index contributed by atoms with van der Waals surface area (Å²) in [6, 6.07) is 5.62. The van der Waals surface area contributed by atoms with Crippen molar-refractivity contribution >= 4 is 12.0 Å². The molecule has 0 aromatic heterocycles. The molecule has 0 aliphatic carbocycles. The second-order valence-electron chi connectivity index (χ2n) is 3.97. The van der Waals surface area contributed by atoms with Gasteiger partial charge >= 0.3 is 0 Å². The zero-order valence-corrected chi connectivity index (χ0v) is 9.19. The van der Waals surface area contributed by atoms with Crippen LogP contribution in [0.4, 0.5) is 5.69 Å². The third kappa shape index (κ3) is 2.59. The quantitative estimate of drug-likeness (QED) is 0.607. The molecule has 0 saturated carbocycles. The van der Waals surface area contributed by atoms with Gasteiger partial charge in [0.1, 0.15) is 0 Å². The fourth-order valence-corrected chi connectivity index (χ4v) is 1.84. The van der Waals surface area contributed by atoms with Gasteiger partial charge in [0.25, 0.3) is 0 Å². The van der Waals surface area contributed by atoms with Gasteiger partial charge < -0.3 is 10.5 Å². The van der Waals surface area contributed by atoms with Crippen molar-refractivity contribution in [2.24, 2.45) is 0 Å². The molecule has 0 spiro atoms. The summed E-state index contributed by atoms with van der Waals surface area (Å²) in [7, 11) is 0. The molecular weight excluding hydrogens is 204 g/mol. The summed E-state index contributed by atoms with van der Waals surface area (Å²) in [6.07, 6.45) is 0.804. The number of hydrogen-bond acceptors (Lipinski definition) is 4. The van der Waals surface area contributed by atoms with E-state index in [9.17, 15) is 4.79 Å². The van der Waals surface area contributed by atoms with Crippen LogP contribution >= 0.6 is 0 Å². The lowest BCUT2D eigenvalue weighted by Crippen LogP contribution is -2.35. The average molecular weight is 220 g/mol. The Hall–Kier alpha value is -1.39. The molecule has 86 valence electrons. The monoisotopic (exact) mass is 220 g/mol. The molecule has 2 rings (SSSR count). The van der Waals surface area contributed by atoms with Gasteiger partial charge in [0.15, 0.2) is 6.29 Å². The van der Waals surface area contributed by atoms with E-state index in [0.717, 1.165) is 44.7 Å². The van der Waals surface area contributed by atoms with Crippen LogP contribution in [0.15, 0.2) is 18.2 Å².